The third kappa shape index (κ3) is 3.62. The molecular weight excluding hydrogens is 364 g/mol. The first-order chi connectivity index (χ1) is 12.3. The van der Waals surface area contributed by atoms with Gasteiger partial charge in [0.2, 0.25) is 16.8 Å². The predicted molar refractivity (Wildman–Crippen MR) is 89.2 cm³/mol. The third-order valence-electron chi connectivity index (χ3n) is 4.72. The monoisotopic (exact) mass is 386 g/mol. The van der Waals surface area contributed by atoms with Crippen LogP contribution in [0.4, 0.5) is 0 Å². The van der Waals surface area contributed by atoms with E-state index in [-0.39, 0.29) is 18.6 Å². The fourth-order valence-electron chi connectivity index (χ4n) is 3.40. The molecule has 9 nitrogen and oxygen atoms in total. The second-order valence-electron chi connectivity index (χ2n) is 6.55. The van der Waals surface area contributed by atoms with E-state index < -0.39 is 32.9 Å². The van der Waals surface area contributed by atoms with E-state index >= 15 is 0 Å². The van der Waals surface area contributed by atoms with E-state index in [0.29, 0.717) is 26.0 Å². The van der Waals surface area contributed by atoms with Crippen LogP contribution < -0.4 is 0 Å². The lowest BCUT2D eigenvalue weighted by molar-refractivity contribution is -0.134. The lowest BCUT2D eigenvalue weighted by Gasteiger charge is -2.28. The molecular formula is C16H22N2O7S. The molecule has 3 rings (SSSR count). The maximum Gasteiger partial charge on any atom is 0.371 e. The summed E-state index contributed by atoms with van der Waals surface area (Å²) in [6, 6.07) is 1.38. The van der Waals surface area contributed by atoms with Crippen LogP contribution in [-0.2, 0) is 19.6 Å². The molecule has 0 aromatic carbocycles. The van der Waals surface area contributed by atoms with Crippen LogP contribution in [0.1, 0.15) is 36.2 Å². The van der Waals surface area contributed by atoms with Gasteiger partial charge in [-0.1, -0.05) is 0 Å². The molecule has 26 heavy (non-hydrogen) atoms. The van der Waals surface area contributed by atoms with Crippen molar-refractivity contribution in [3.8, 4) is 0 Å². The largest absolute Gasteiger partial charge is 0.475 e. The van der Waals surface area contributed by atoms with E-state index in [2.05, 4.69) is 0 Å². The van der Waals surface area contributed by atoms with Gasteiger partial charge in [-0.15, -0.1) is 0 Å². The molecule has 1 amide bonds. The van der Waals surface area contributed by atoms with Crippen LogP contribution in [0.5, 0.6) is 0 Å². The molecule has 144 valence electrons. The molecule has 0 aliphatic carbocycles. The Morgan fingerprint density at radius 1 is 1.31 bits per heavy atom. The number of ether oxygens (including phenoxy) is 1. The summed E-state index contributed by atoms with van der Waals surface area (Å²) in [7, 11) is -2.44. The van der Waals surface area contributed by atoms with Crippen molar-refractivity contribution in [2.75, 3.05) is 26.7 Å². The molecule has 0 spiro atoms. The maximum atomic E-state index is 12.8. The van der Waals surface area contributed by atoms with Crippen molar-refractivity contribution in [1.29, 1.82) is 0 Å². The van der Waals surface area contributed by atoms with Gasteiger partial charge < -0.3 is 19.2 Å². The minimum Gasteiger partial charge on any atom is -0.475 e. The molecule has 0 bridgehead atoms. The number of carbonyl (C=O) groups is 2. The summed E-state index contributed by atoms with van der Waals surface area (Å²) < 4.78 is 37.2. The summed E-state index contributed by atoms with van der Waals surface area (Å²) in [5.41, 5.74) is 0. The summed E-state index contributed by atoms with van der Waals surface area (Å²) in [4.78, 5) is 25.2. The Balaban J connectivity index is 1.75. The summed E-state index contributed by atoms with van der Waals surface area (Å²) in [6.07, 6.45) is 2.80. The summed E-state index contributed by atoms with van der Waals surface area (Å²) in [5.74, 6) is -2.09. The van der Waals surface area contributed by atoms with Gasteiger partial charge in [0.15, 0.2) is 0 Å². The number of rotatable bonds is 6. The Hall–Kier alpha value is -1.91. The van der Waals surface area contributed by atoms with E-state index in [4.69, 9.17) is 14.3 Å². The normalized spacial score (nSPS) is 24.0. The molecule has 0 radical (unpaired) electrons. The first-order valence-electron chi connectivity index (χ1n) is 8.52. The number of hydrogen-bond donors (Lipinski definition) is 1. The molecule has 10 heteroatoms. The van der Waals surface area contributed by atoms with Crippen molar-refractivity contribution in [3.05, 3.63) is 17.9 Å². The Morgan fingerprint density at radius 2 is 2.08 bits per heavy atom. The minimum absolute atomic E-state index is 0.0152. The van der Waals surface area contributed by atoms with Crippen molar-refractivity contribution in [3.63, 3.8) is 0 Å². The molecule has 3 heterocycles. The van der Waals surface area contributed by atoms with Gasteiger partial charge in [-0.25, -0.2) is 13.2 Å². The second kappa shape index (κ2) is 7.37. The van der Waals surface area contributed by atoms with Gasteiger partial charge in [-0.05, 0) is 37.8 Å². The topological polar surface area (TPSA) is 117 Å². The Bertz CT molecular complexity index is 782. The van der Waals surface area contributed by atoms with Crippen LogP contribution in [0.3, 0.4) is 0 Å². The predicted octanol–water partition coefficient (Wildman–Crippen LogP) is 0.768. The number of carboxylic acid groups (broad SMARTS) is 1. The van der Waals surface area contributed by atoms with Crippen LogP contribution in [0, 0.1) is 0 Å². The molecule has 2 saturated heterocycles. The first-order valence-corrected chi connectivity index (χ1v) is 9.96. The zero-order valence-corrected chi connectivity index (χ0v) is 15.3. The molecule has 2 aliphatic rings. The highest BCUT2D eigenvalue weighted by Crippen LogP contribution is 2.28. The van der Waals surface area contributed by atoms with E-state index in [1.807, 2.05) is 0 Å². The lowest BCUT2D eigenvalue weighted by Crippen LogP contribution is -2.48. The SMILES string of the molecule is CN(C[C@@H]1CCCO1)C(=O)C1CCCN1S(=O)(=O)c1ccc(C(=O)O)o1. The number of likely N-dealkylation sites (N-methyl/N-ethyl adjacent to an activating group) is 1. The molecule has 1 unspecified atom stereocenters. The zero-order chi connectivity index (χ0) is 18.9. The number of carboxylic acids is 1. The average molecular weight is 386 g/mol. The van der Waals surface area contributed by atoms with Crippen LogP contribution in [0.25, 0.3) is 0 Å². The molecule has 1 aromatic heterocycles. The number of hydrogen-bond acceptors (Lipinski definition) is 6. The van der Waals surface area contributed by atoms with E-state index in [1.54, 1.807) is 7.05 Å². The first kappa shape index (κ1) is 18.9. The van der Waals surface area contributed by atoms with Crippen LogP contribution in [0.15, 0.2) is 21.6 Å². The lowest BCUT2D eigenvalue weighted by atomic mass is 10.2. The third-order valence-corrected chi connectivity index (χ3v) is 6.50. The van der Waals surface area contributed by atoms with E-state index in [0.717, 1.165) is 29.3 Å². The highest BCUT2D eigenvalue weighted by molar-refractivity contribution is 7.89. The van der Waals surface area contributed by atoms with E-state index in [1.165, 1.54) is 4.90 Å². The number of sulfonamides is 1. The van der Waals surface area contributed by atoms with Crippen molar-refractivity contribution >= 4 is 21.9 Å². The maximum absolute atomic E-state index is 12.8. The molecule has 0 saturated carbocycles. The molecule has 2 aliphatic heterocycles. The summed E-state index contributed by atoms with van der Waals surface area (Å²) >= 11 is 0. The fourth-order valence-corrected chi connectivity index (χ4v) is 4.97. The number of furan rings is 1. The van der Waals surface area contributed by atoms with Gasteiger partial charge in [0, 0.05) is 26.7 Å². The molecule has 1 aromatic rings. The van der Waals surface area contributed by atoms with Gasteiger partial charge in [0.05, 0.1) is 6.10 Å². The minimum atomic E-state index is -4.08. The zero-order valence-electron chi connectivity index (χ0n) is 14.5. The summed E-state index contributed by atoms with van der Waals surface area (Å²) in [5, 5.41) is 8.44. The average Bonchev–Trinajstić information content (AvgIpc) is 3.33. The van der Waals surface area contributed by atoms with E-state index in [9.17, 15) is 18.0 Å². The number of carbonyl (C=O) groups excluding carboxylic acids is 1. The van der Waals surface area contributed by atoms with Gasteiger partial charge in [0.1, 0.15) is 6.04 Å². The Kier molecular flexibility index (Phi) is 5.35. The number of nitrogens with zero attached hydrogens (tertiary/aromatic N) is 2. The molecule has 1 N–H and O–H groups in total. The van der Waals surface area contributed by atoms with Crippen LogP contribution in [0.2, 0.25) is 0 Å². The summed E-state index contributed by atoms with van der Waals surface area (Å²) in [6.45, 7) is 1.30. The smallest absolute Gasteiger partial charge is 0.371 e. The fraction of sp³-hybridized carbons (Fsp3) is 0.625. The van der Waals surface area contributed by atoms with Gasteiger partial charge in [-0.3, -0.25) is 4.79 Å². The quantitative estimate of drug-likeness (QED) is 0.767. The van der Waals surface area contributed by atoms with Crippen molar-refractivity contribution in [1.82, 2.24) is 9.21 Å². The number of aromatic carboxylic acids is 1. The second-order valence-corrected chi connectivity index (χ2v) is 8.37. The highest BCUT2D eigenvalue weighted by Gasteiger charge is 2.42. The molecule has 2 atom stereocenters. The Labute approximate surface area is 151 Å². The van der Waals surface area contributed by atoms with Crippen molar-refractivity contribution in [2.24, 2.45) is 0 Å². The van der Waals surface area contributed by atoms with Gasteiger partial charge in [0.25, 0.3) is 10.0 Å². The van der Waals surface area contributed by atoms with Gasteiger partial charge >= 0.3 is 5.97 Å². The standard InChI is InChI=1S/C16H22N2O7S/c1-17(10-11-4-3-9-24-11)15(19)12-5-2-8-18(12)26(22,23)14-7-6-13(25-14)16(20)21/h6-7,11-12H,2-5,8-10H2,1H3,(H,20,21)/t11-,12?/m0/s1. The van der Waals surface area contributed by atoms with Gasteiger partial charge in [-0.2, -0.15) is 4.31 Å². The highest BCUT2D eigenvalue weighted by atomic mass is 32.2. The van der Waals surface area contributed by atoms with Crippen LogP contribution >= 0.6 is 0 Å². The van der Waals surface area contributed by atoms with Crippen molar-refractivity contribution in [2.45, 2.75) is 42.9 Å². The van der Waals surface area contributed by atoms with Crippen molar-refractivity contribution < 1.29 is 32.3 Å². The molecule has 2 fully saturated rings. The Morgan fingerprint density at radius 3 is 2.69 bits per heavy atom. The number of amides is 1. The van der Waals surface area contributed by atoms with Crippen LogP contribution in [-0.4, -0.2) is 73.5 Å².